The SMILES string of the molecule is CCCCCNC(=O)C(C)N(Cc1ccc(OC)cc1)C(C)=O. The van der Waals surface area contributed by atoms with Gasteiger partial charge in [-0.05, 0) is 31.0 Å². The molecule has 0 aliphatic heterocycles. The summed E-state index contributed by atoms with van der Waals surface area (Å²) in [5, 5.41) is 2.90. The van der Waals surface area contributed by atoms with E-state index >= 15 is 0 Å². The molecule has 0 radical (unpaired) electrons. The molecule has 0 saturated carbocycles. The predicted octanol–water partition coefficient (Wildman–Crippen LogP) is 2.74. The molecular formula is C18H28N2O3. The van der Waals surface area contributed by atoms with Crippen LogP contribution < -0.4 is 10.1 Å². The van der Waals surface area contributed by atoms with E-state index in [-0.39, 0.29) is 11.8 Å². The Morgan fingerprint density at radius 2 is 1.87 bits per heavy atom. The van der Waals surface area contributed by atoms with Gasteiger partial charge in [0.1, 0.15) is 11.8 Å². The molecule has 2 amide bonds. The van der Waals surface area contributed by atoms with E-state index in [9.17, 15) is 9.59 Å². The van der Waals surface area contributed by atoms with Crippen LogP contribution in [0.5, 0.6) is 5.75 Å². The van der Waals surface area contributed by atoms with Crippen molar-refractivity contribution in [3.05, 3.63) is 29.8 Å². The van der Waals surface area contributed by atoms with Gasteiger partial charge in [-0.1, -0.05) is 31.9 Å². The number of nitrogens with zero attached hydrogens (tertiary/aromatic N) is 1. The van der Waals surface area contributed by atoms with E-state index in [1.165, 1.54) is 6.92 Å². The lowest BCUT2D eigenvalue weighted by atomic mass is 10.1. The fraction of sp³-hybridized carbons (Fsp3) is 0.556. The van der Waals surface area contributed by atoms with Gasteiger partial charge in [0.05, 0.1) is 7.11 Å². The number of methoxy groups -OCH3 is 1. The van der Waals surface area contributed by atoms with Gasteiger partial charge < -0.3 is 15.0 Å². The highest BCUT2D eigenvalue weighted by atomic mass is 16.5. The van der Waals surface area contributed by atoms with E-state index in [2.05, 4.69) is 12.2 Å². The van der Waals surface area contributed by atoms with Crippen LogP contribution in [0.2, 0.25) is 0 Å². The second-order valence-electron chi connectivity index (χ2n) is 5.67. The van der Waals surface area contributed by atoms with E-state index in [0.717, 1.165) is 30.6 Å². The van der Waals surface area contributed by atoms with Gasteiger partial charge in [0.25, 0.3) is 0 Å². The first-order valence-electron chi connectivity index (χ1n) is 8.17. The molecule has 0 saturated heterocycles. The molecule has 5 nitrogen and oxygen atoms in total. The van der Waals surface area contributed by atoms with E-state index in [4.69, 9.17) is 4.74 Å². The van der Waals surface area contributed by atoms with Crippen LogP contribution in [-0.2, 0) is 16.1 Å². The van der Waals surface area contributed by atoms with E-state index in [1.807, 2.05) is 24.3 Å². The molecule has 0 heterocycles. The van der Waals surface area contributed by atoms with Crippen LogP contribution in [0.1, 0.15) is 45.6 Å². The van der Waals surface area contributed by atoms with Crippen LogP contribution >= 0.6 is 0 Å². The fourth-order valence-electron chi connectivity index (χ4n) is 2.32. The number of hydrogen-bond donors (Lipinski definition) is 1. The van der Waals surface area contributed by atoms with Crippen molar-refractivity contribution < 1.29 is 14.3 Å². The maximum absolute atomic E-state index is 12.2. The quantitative estimate of drug-likeness (QED) is 0.712. The van der Waals surface area contributed by atoms with E-state index in [1.54, 1.807) is 18.9 Å². The van der Waals surface area contributed by atoms with Gasteiger partial charge >= 0.3 is 0 Å². The molecule has 0 bridgehead atoms. The summed E-state index contributed by atoms with van der Waals surface area (Å²) in [5.74, 6) is 0.548. The van der Waals surface area contributed by atoms with E-state index in [0.29, 0.717) is 13.1 Å². The molecule has 1 atom stereocenters. The minimum absolute atomic E-state index is 0.107. The molecule has 5 heteroatoms. The Kier molecular flexibility index (Phi) is 8.16. The Balaban J connectivity index is 2.65. The van der Waals surface area contributed by atoms with Gasteiger partial charge in [0.2, 0.25) is 11.8 Å². The summed E-state index contributed by atoms with van der Waals surface area (Å²) < 4.78 is 5.13. The highest BCUT2D eigenvalue weighted by molar-refractivity contribution is 5.86. The molecule has 23 heavy (non-hydrogen) atoms. The number of carbonyl (C=O) groups excluding carboxylic acids is 2. The highest BCUT2D eigenvalue weighted by Gasteiger charge is 2.23. The molecule has 0 aromatic heterocycles. The van der Waals surface area contributed by atoms with Crippen LogP contribution in [0.4, 0.5) is 0 Å². The normalized spacial score (nSPS) is 11.7. The summed E-state index contributed by atoms with van der Waals surface area (Å²) in [6.07, 6.45) is 3.17. The number of unbranched alkanes of at least 4 members (excludes halogenated alkanes) is 2. The van der Waals surface area contributed by atoms with Crippen molar-refractivity contribution in [2.75, 3.05) is 13.7 Å². The third kappa shape index (κ3) is 6.30. The molecule has 0 spiro atoms. The minimum atomic E-state index is -0.490. The summed E-state index contributed by atoms with van der Waals surface area (Å²) in [5.41, 5.74) is 0.964. The van der Waals surface area contributed by atoms with Gasteiger partial charge in [0.15, 0.2) is 0 Å². The van der Waals surface area contributed by atoms with Crippen molar-refractivity contribution in [1.29, 1.82) is 0 Å². The zero-order valence-corrected chi connectivity index (χ0v) is 14.6. The number of benzene rings is 1. The lowest BCUT2D eigenvalue weighted by Gasteiger charge is -2.27. The molecule has 1 aromatic rings. The summed E-state index contributed by atoms with van der Waals surface area (Å²) in [7, 11) is 1.61. The van der Waals surface area contributed by atoms with Crippen molar-refractivity contribution in [1.82, 2.24) is 10.2 Å². The van der Waals surface area contributed by atoms with Crippen LogP contribution in [-0.4, -0.2) is 36.4 Å². The van der Waals surface area contributed by atoms with Crippen molar-refractivity contribution in [3.63, 3.8) is 0 Å². The summed E-state index contributed by atoms with van der Waals surface area (Å²) >= 11 is 0. The molecule has 0 aliphatic carbocycles. The van der Waals surface area contributed by atoms with Gasteiger partial charge in [0, 0.05) is 20.0 Å². The molecule has 0 fully saturated rings. The first-order valence-corrected chi connectivity index (χ1v) is 8.17. The topological polar surface area (TPSA) is 58.6 Å². The molecule has 1 aromatic carbocycles. The minimum Gasteiger partial charge on any atom is -0.497 e. The Bertz CT molecular complexity index is 499. The zero-order chi connectivity index (χ0) is 17.2. The Morgan fingerprint density at radius 1 is 1.22 bits per heavy atom. The Labute approximate surface area is 139 Å². The smallest absolute Gasteiger partial charge is 0.242 e. The first-order chi connectivity index (χ1) is 11.0. The number of hydrogen-bond acceptors (Lipinski definition) is 3. The second kappa shape index (κ2) is 9.87. The average Bonchev–Trinajstić information content (AvgIpc) is 2.56. The van der Waals surface area contributed by atoms with Gasteiger partial charge in [-0.25, -0.2) is 0 Å². The Hall–Kier alpha value is -2.04. The molecule has 1 N–H and O–H groups in total. The molecule has 1 rings (SSSR count). The van der Waals surface area contributed by atoms with Crippen molar-refractivity contribution in [2.24, 2.45) is 0 Å². The maximum Gasteiger partial charge on any atom is 0.242 e. The van der Waals surface area contributed by atoms with E-state index < -0.39 is 6.04 Å². The third-order valence-corrected chi connectivity index (χ3v) is 3.84. The van der Waals surface area contributed by atoms with Gasteiger partial charge in [-0.3, -0.25) is 9.59 Å². The highest BCUT2D eigenvalue weighted by Crippen LogP contribution is 2.14. The maximum atomic E-state index is 12.2. The van der Waals surface area contributed by atoms with Crippen LogP contribution in [0.25, 0.3) is 0 Å². The predicted molar refractivity (Wildman–Crippen MR) is 91.2 cm³/mol. The number of rotatable bonds is 9. The largest absolute Gasteiger partial charge is 0.497 e. The molecule has 1 unspecified atom stereocenters. The van der Waals surface area contributed by atoms with Gasteiger partial charge in [-0.15, -0.1) is 0 Å². The molecular weight excluding hydrogens is 292 g/mol. The van der Waals surface area contributed by atoms with Crippen molar-refractivity contribution in [2.45, 2.75) is 52.6 Å². The molecule has 128 valence electrons. The van der Waals surface area contributed by atoms with Crippen LogP contribution in [0.15, 0.2) is 24.3 Å². The first kappa shape index (κ1) is 19.0. The Morgan fingerprint density at radius 3 is 2.39 bits per heavy atom. The summed E-state index contributed by atoms with van der Waals surface area (Å²) in [6.45, 7) is 6.44. The number of amides is 2. The lowest BCUT2D eigenvalue weighted by molar-refractivity contribution is -0.138. The second-order valence-corrected chi connectivity index (χ2v) is 5.67. The summed E-state index contributed by atoms with van der Waals surface area (Å²) in [4.78, 5) is 25.7. The number of carbonyl (C=O) groups is 2. The number of ether oxygens (including phenoxy) is 1. The standard InChI is InChI=1S/C18H28N2O3/c1-5-6-7-12-19-18(22)14(2)20(15(3)21)13-16-8-10-17(23-4)11-9-16/h8-11,14H,5-7,12-13H2,1-4H3,(H,19,22). The lowest BCUT2D eigenvalue weighted by Crippen LogP contribution is -2.47. The molecule has 0 aliphatic rings. The average molecular weight is 320 g/mol. The zero-order valence-electron chi connectivity index (χ0n) is 14.6. The number of nitrogens with one attached hydrogen (secondary N) is 1. The van der Waals surface area contributed by atoms with Crippen LogP contribution in [0, 0.1) is 0 Å². The van der Waals surface area contributed by atoms with Crippen LogP contribution in [0.3, 0.4) is 0 Å². The van der Waals surface area contributed by atoms with Gasteiger partial charge in [-0.2, -0.15) is 0 Å². The third-order valence-electron chi connectivity index (χ3n) is 3.84. The fourth-order valence-corrected chi connectivity index (χ4v) is 2.32. The van der Waals surface area contributed by atoms with Crippen molar-refractivity contribution >= 4 is 11.8 Å². The summed E-state index contributed by atoms with van der Waals surface area (Å²) in [6, 6.07) is 7.02. The monoisotopic (exact) mass is 320 g/mol. The van der Waals surface area contributed by atoms with Crippen molar-refractivity contribution in [3.8, 4) is 5.75 Å².